The van der Waals surface area contributed by atoms with Crippen molar-refractivity contribution < 1.29 is 9.32 Å². The Balaban J connectivity index is 1.29. The summed E-state index contributed by atoms with van der Waals surface area (Å²) in [7, 11) is 0. The molecule has 0 radical (unpaired) electrons. The van der Waals surface area contributed by atoms with Gasteiger partial charge in [0.15, 0.2) is 0 Å². The van der Waals surface area contributed by atoms with E-state index in [1.165, 1.54) is 5.56 Å². The van der Waals surface area contributed by atoms with Gasteiger partial charge in [0.1, 0.15) is 0 Å². The Labute approximate surface area is 143 Å². The number of thiophene rings is 1. The van der Waals surface area contributed by atoms with E-state index < -0.39 is 0 Å². The number of benzene rings is 1. The van der Waals surface area contributed by atoms with Crippen molar-refractivity contribution in [2.45, 2.75) is 18.8 Å². The van der Waals surface area contributed by atoms with Crippen LogP contribution in [-0.4, -0.2) is 34.0 Å². The van der Waals surface area contributed by atoms with Crippen LogP contribution < -0.4 is 0 Å². The minimum Gasteiger partial charge on any atom is -0.341 e. The summed E-state index contributed by atoms with van der Waals surface area (Å²) in [5, 5.41) is 8.01. The Morgan fingerprint density at radius 2 is 2.08 bits per heavy atom. The lowest BCUT2D eigenvalue weighted by Gasteiger charge is -2.37. The third kappa shape index (κ3) is 3.10. The summed E-state index contributed by atoms with van der Waals surface area (Å²) in [4.78, 5) is 18.5. The van der Waals surface area contributed by atoms with Gasteiger partial charge in [-0.15, -0.1) is 0 Å². The lowest BCUT2D eigenvalue weighted by atomic mass is 9.99. The number of hydrogen-bond acceptors (Lipinski definition) is 5. The van der Waals surface area contributed by atoms with Gasteiger partial charge >= 0.3 is 0 Å². The molecule has 6 heteroatoms. The van der Waals surface area contributed by atoms with E-state index in [0.717, 1.165) is 12.0 Å². The maximum absolute atomic E-state index is 12.2. The van der Waals surface area contributed by atoms with Crippen molar-refractivity contribution in [3.63, 3.8) is 0 Å². The second kappa shape index (κ2) is 6.57. The number of carbonyl (C=O) groups is 1. The smallest absolute Gasteiger partial charge is 0.233 e. The molecule has 0 unspecified atom stereocenters. The van der Waals surface area contributed by atoms with Crippen molar-refractivity contribution >= 4 is 17.2 Å². The van der Waals surface area contributed by atoms with Crippen LogP contribution in [0.4, 0.5) is 0 Å². The van der Waals surface area contributed by atoms with Gasteiger partial charge in [-0.25, -0.2) is 0 Å². The van der Waals surface area contributed by atoms with Gasteiger partial charge in [0.25, 0.3) is 0 Å². The second-order valence-electron chi connectivity index (χ2n) is 5.95. The minimum atomic E-state index is 0.158. The zero-order chi connectivity index (χ0) is 16.4. The highest BCUT2D eigenvalue weighted by molar-refractivity contribution is 7.08. The highest BCUT2D eigenvalue weighted by atomic mass is 32.1. The van der Waals surface area contributed by atoms with Gasteiger partial charge in [-0.05, 0) is 23.4 Å². The summed E-state index contributed by atoms with van der Waals surface area (Å²) in [5.41, 5.74) is 2.17. The Bertz CT molecular complexity index is 808. The number of rotatable bonds is 5. The first-order valence-corrected chi connectivity index (χ1v) is 8.92. The lowest BCUT2D eigenvalue weighted by molar-refractivity contribution is -0.135. The molecule has 1 aliphatic heterocycles. The second-order valence-corrected chi connectivity index (χ2v) is 6.73. The van der Waals surface area contributed by atoms with Crippen molar-refractivity contribution in [1.82, 2.24) is 15.0 Å². The van der Waals surface area contributed by atoms with Crippen LogP contribution in [0, 0.1) is 0 Å². The Morgan fingerprint density at radius 1 is 1.25 bits per heavy atom. The molecule has 3 heterocycles. The average Bonchev–Trinajstić information content (AvgIpc) is 3.24. The predicted octanol–water partition coefficient (Wildman–Crippen LogP) is 3.36. The molecule has 1 aromatic carbocycles. The fraction of sp³-hybridized carbons (Fsp3) is 0.278. The number of aryl methyl sites for hydroxylation is 1. The molecule has 0 aliphatic carbocycles. The summed E-state index contributed by atoms with van der Waals surface area (Å²) in [6.45, 7) is 1.33. The number of nitrogens with zero attached hydrogens (tertiary/aromatic N) is 3. The van der Waals surface area contributed by atoms with Crippen molar-refractivity contribution in [3.05, 3.63) is 58.6 Å². The van der Waals surface area contributed by atoms with Crippen LogP contribution in [0.1, 0.15) is 23.8 Å². The van der Waals surface area contributed by atoms with E-state index >= 15 is 0 Å². The summed E-state index contributed by atoms with van der Waals surface area (Å²) >= 11 is 1.61. The van der Waals surface area contributed by atoms with Gasteiger partial charge in [-0.1, -0.05) is 35.5 Å². The van der Waals surface area contributed by atoms with Gasteiger partial charge in [-0.3, -0.25) is 4.79 Å². The van der Waals surface area contributed by atoms with E-state index in [2.05, 4.69) is 22.3 Å². The summed E-state index contributed by atoms with van der Waals surface area (Å²) in [6.07, 6.45) is 1.32. The SMILES string of the molecule is O=C(CCc1ccccc1)N1CC(c2nc(-c3ccsc3)no2)C1. The molecule has 0 saturated carbocycles. The van der Waals surface area contributed by atoms with Crippen molar-refractivity contribution in [1.29, 1.82) is 0 Å². The molecule has 24 heavy (non-hydrogen) atoms. The van der Waals surface area contributed by atoms with Crippen molar-refractivity contribution in [3.8, 4) is 11.4 Å². The first kappa shape index (κ1) is 15.1. The molecule has 0 N–H and O–H groups in total. The van der Waals surface area contributed by atoms with E-state index in [-0.39, 0.29) is 11.8 Å². The number of aromatic nitrogens is 2. The van der Waals surface area contributed by atoms with Crippen molar-refractivity contribution in [2.24, 2.45) is 0 Å². The van der Waals surface area contributed by atoms with Crippen LogP contribution in [0.2, 0.25) is 0 Å². The van der Waals surface area contributed by atoms with Crippen LogP contribution in [0.3, 0.4) is 0 Å². The monoisotopic (exact) mass is 339 g/mol. The maximum atomic E-state index is 12.2. The maximum Gasteiger partial charge on any atom is 0.233 e. The molecule has 0 spiro atoms. The lowest BCUT2D eigenvalue weighted by Crippen LogP contribution is -2.48. The fourth-order valence-corrected chi connectivity index (χ4v) is 3.44. The third-order valence-electron chi connectivity index (χ3n) is 4.27. The quantitative estimate of drug-likeness (QED) is 0.715. The molecule has 1 amide bonds. The number of amides is 1. The van der Waals surface area contributed by atoms with E-state index in [0.29, 0.717) is 31.2 Å². The highest BCUT2D eigenvalue weighted by Crippen LogP contribution is 2.28. The Hall–Kier alpha value is -2.47. The minimum absolute atomic E-state index is 0.158. The molecule has 122 valence electrons. The van der Waals surface area contributed by atoms with Crippen LogP contribution in [0.25, 0.3) is 11.4 Å². The van der Waals surface area contributed by atoms with Gasteiger partial charge in [0, 0.05) is 30.5 Å². The van der Waals surface area contributed by atoms with Crippen LogP contribution in [-0.2, 0) is 11.2 Å². The average molecular weight is 339 g/mol. The summed E-state index contributed by atoms with van der Waals surface area (Å²) in [5.74, 6) is 1.60. The summed E-state index contributed by atoms with van der Waals surface area (Å²) < 4.78 is 5.36. The Morgan fingerprint density at radius 3 is 2.83 bits per heavy atom. The molecule has 1 aliphatic rings. The van der Waals surface area contributed by atoms with Crippen LogP contribution in [0.15, 0.2) is 51.7 Å². The number of carbonyl (C=O) groups excluding carboxylic acids is 1. The summed E-state index contributed by atoms with van der Waals surface area (Å²) in [6, 6.07) is 12.1. The zero-order valence-corrected chi connectivity index (χ0v) is 13.9. The largest absolute Gasteiger partial charge is 0.341 e. The number of likely N-dealkylation sites (tertiary alicyclic amines) is 1. The standard InChI is InChI=1S/C18H17N3O2S/c22-16(7-6-13-4-2-1-3-5-13)21-10-15(11-21)18-19-17(20-23-18)14-8-9-24-12-14/h1-5,8-9,12,15H,6-7,10-11H2. The van der Waals surface area contributed by atoms with E-state index in [1.807, 2.05) is 39.9 Å². The predicted molar refractivity (Wildman–Crippen MR) is 91.7 cm³/mol. The van der Waals surface area contributed by atoms with E-state index in [4.69, 9.17) is 4.52 Å². The van der Waals surface area contributed by atoms with Gasteiger partial charge < -0.3 is 9.42 Å². The molecule has 3 aromatic rings. The van der Waals surface area contributed by atoms with E-state index in [9.17, 15) is 4.79 Å². The Kier molecular flexibility index (Phi) is 4.13. The molecular formula is C18H17N3O2S. The molecule has 1 fully saturated rings. The first-order chi connectivity index (χ1) is 11.8. The van der Waals surface area contributed by atoms with Gasteiger partial charge in [-0.2, -0.15) is 16.3 Å². The first-order valence-electron chi connectivity index (χ1n) is 7.97. The molecule has 0 atom stereocenters. The third-order valence-corrected chi connectivity index (χ3v) is 4.96. The molecular weight excluding hydrogens is 322 g/mol. The molecule has 2 aromatic heterocycles. The highest BCUT2D eigenvalue weighted by Gasteiger charge is 2.35. The normalized spacial score (nSPS) is 14.6. The molecule has 4 rings (SSSR count). The fourth-order valence-electron chi connectivity index (χ4n) is 2.80. The zero-order valence-electron chi connectivity index (χ0n) is 13.1. The van der Waals surface area contributed by atoms with Gasteiger partial charge in [0.2, 0.25) is 17.6 Å². The topological polar surface area (TPSA) is 59.2 Å². The van der Waals surface area contributed by atoms with Crippen LogP contribution >= 0.6 is 11.3 Å². The van der Waals surface area contributed by atoms with Gasteiger partial charge in [0.05, 0.1) is 5.92 Å². The molecule has 5 nitrogen and oxygen atoms in total. The molecule has 1 saturated heterocycles. The number of hydrogen-bond donors (Lipinski definition) is 0. The van der Waals surface area contributed by atoms with Crippen molar-refractivity contribution in [2.75, 3.05) is 13.1 Å². The van der Waals surface area contributed by atoms with Crippen LogP contribution in [0.5, 0.6) is 0 Å². The van der Waals surface area contributed by atoms with E-state index in [1.54, 1.807) is 11.3 Å². The molecule has 0 bridgehead atoms.